The van der Waals surface area contributed by atoms with E-state index in [1.54, 1.807) is 0 Å². The van der Waals surface area contributed by atoms with Gasteiger partial charge in [-0.05, 0) is 24.6 Å². The Labute approximate surface area is 187 Å². The first kappa shape index (κ1) is 30.1. The van der Waals surface area contributed by atoms with Crippen LogP contribution in [0.3, 0.4) is 0 Å². The molecular weight excluding hydrogens is 380 g/mol. The van der Waals surface area contributed by atoms with Gasteiger partial charge in [0.05, 0.1) is 19.6 Å². The molecule has 0 saturated carbocycles. The van der Waals surface area contributed by atoms with Crippen molar-refractivity contribution < 1.29 is 21.7 Å². The van der Waals surface area contributed by atoms with Gasteiger partial charge in [0, 0.05) is 6.54 Å². The van der Waals surface area contributed by atoms with Crippen LogP contribution in [0.5, 0.6) is 0 Å². The fraction of sp³-hybridized carbons (Fsp3) is 0.720. The lowest BCUT2D eigenvalue weighted by molar-refractivity contribution is -0.904. The average Bonchev–Trinajstić information content (AvgIpc) is 2.66. The number of rotatable bonds is 21. The number of hydrogen-bond acceptors (Lipinski definition) is 1. The molecule has 0 aromatic carbocycles. The van der Waals surface area contributed by atoms with Gasteiger partial charge in [0.25, 0.3) is 5.91 Å². The molecule has 1 amide bonds. The van der Waals surface area contributed by atoms with E-state index >= 15 is 0 Å². The fourth-order valence-electron chi connectivity index (χ4n) is 3.79. The molecule has 0 aromatic rings. The Morgan fingerprint density at radius 3 is 1.48 bits per heavy atom. The third kappa shape index (κ3) is 17.5. The van der Waals surface area contributed by atoms with E-state index in [4.69, 9.17) is 0 Å². The quantitative estimate of drug-likeness (QED) is 0.170. The van der Waals surface area contributed by atoms with Crippen LogP contribution in [0.1, 0.15) is 84.0 Å². The lowest BCUT2D eigenvalue weighted by atomic mass is 10.1. The number of quaternary nitrogens is 1. The summed E-state index contributed by atoms with van der Waals surface area (Å²) in [5.41, 5.74) is 0. The maximum atomic E-state index is 12.4. The van der Waals surface area contributed by atoms with Crippen LogP contribution in [0.15, 0.2) is 38.0 Å². The first-order valence-corrected chi connectivity index (χ1v) is 11.6. The van der Waals surface area contributed by atoms with Gasteiger partial charge in [-0.15, -0.1) is 0 Å². The highest BCUT2D eigenvalue weighted by molar-refractivity contribution is 5.77. The van der Waals surface area contributed by atoms with Gasteiger partial charge in [-0.3, -0.25) is 4.79 Å². The van der Waals surface area contributed by atoms with E-state index in [1.165, 1.54) is 70.6 Å². The maximum Gasteiger partial charge on any atom is 0.275 e. The molecule has 0 unspecified atom stereocenters. The predicted octanol–water partition coefficient (Wildman–Crippen LogP) is 3.18. The van der Waals surface area contributed by atoms with Crippen molar-refractivity contribution in [2.75, 3.05) is 32.7 Å². The zero-order valence-electron chi connectivity index (χ0n) is 19.1. The standard InChI is InChI=1S/C25H46N2O.ClH/c1-5-9-10-11-12-13-14-15-16-17-18-19-20-26-25(28)24-27(21-6-2,22-7-3)23-8-4;/h6-8H,2-5,9-24H2,1H3;1H. The van der Waals surface area contributed by atoms with Crippen LogP contribution in [0.2, 0.25) is 0 Å². The summed E-state index contributed by atoms with van der Waals surface area (Å²) >= 11 is 0. The Morgan fingerprint density at radius 2 is 1.10 bits per heavy atom. The van der Waals surface area contributed by atoms with Crippen molar-refractivity contribution in [1.82, 2.24) is 5.32 Å². The van der Waals surface area contributed by atoms with Crippen molar-refractivity contribution in [3.05, 3.63) is 38.0 Å². The number of carbonyl (C=O) groups is 1. The minimum absolute atomic E-state index is 0. The molecule has 0 radical (unpaired) electrons. The summed E-state index contributed by atoms with van der Waals surface area (Å²) in [5.74, 6) is 0.119. The summed E-state index contributed by atoms with van der Waals surface area (Å²) in [5, 5.41) is 3.09. The highest BCUT2D eigenvalue weighted by Gasteiger charge is 2.26. The number of amides is 1. The summed E-state index contributed by atoms with van der Waals surface area (Å²) in [4.78, 5) is 12.4. The molecule has 29 heavy (non-hydrogen) atoms. The molecule has 0 aliphatic heterocycles. The van der Waals surface area contributed by atoms with Crippen LogP contribution in [0, 0.1) is 0 Å². The Hall–Kier alpha value is -1.06. The molecule has 0 bridgehead atoms. The minimum Gasteiger partial charge on any atom is -1.00 e. The van der Waals surface area contributed by atoms with Gasteiger partial charge >= 0.3 is 0 Å². The predicted molar refractivity (Wildman–Crippen MR) is 124 cm³/mol. The fourth-order valence-corrected chi connectivity index (χ4v) is 3.79. The Balaban J connectivity index is 0. The Bertz CT molecular complexity index is 397. The van der Waals surface area contributed by atoms with E-state index in [1.807, 2.05) is 18.2 Å². The Kier molecular flexibility index (Phi) is 22.5. The SMILES string of the molecule is C=CC[N+](CC=C)(CC=C)CC(=O)NCCCCCCCCCCCCCC.[Cl-]. The van der Waals surface area contributed by atoms with E-state index in [0.717, 1.165) is 32.6 Å². The van der Waals surface area contributed by atoms with Crippen LogP contribution in [0.25, 0.3) is 0 Å². The van der Waals surface area contributed by atoms with Gasteiger partial charge in [-0.1, -0.05) is 97.3 Å². The monoisotopic (exact) mass is 426 g/mol. The van der Waals surface area contributed by atoms with Crippen LogP contribution in [0.4, 0.5) is 0 Å². The smallest absolute Gasteiger partial charge is 0.275 e. The molecule has 0 aliphatic carbocycles. The summed E-state index contributed by atoms with van der Waals surface area (Å²) in [7, 11) is 0. The van der Waals surface area contributed by atoms with E-state index in [0.29, 0.717) is 11.0 Å². The molecule has 1 N–H and O–H groups in total. The minimum atomic E-state index is 0. The molecule has 0 saturated heterocycles. The number of nitrogens with one attached hydrogen (secondary N) is 1. The van der Waals surface area contributed by atoms with Gasteiger partial charge in [0.2, 0.25) is 0 Å². The second kappa shape index (κ2) is 21.6. The summed E-state index contributed by atoms with van der Waals surface area (Å²) < 4.78 is 0.626. The lowest BCUT2D eigenvalue weighted by Crippen LogP contribution is -3.00. The van der Waals surface area contributed by atoms with Crippen molar-refractivity contribution in [2.24, 2.45) is 0 Å². The van der Waals surface area contributed by atoms with Gasteiger partial charge in [-0.25, -0.2) is 0 Å². The molecule has 0 spiro atoms. The van der Waals surface area contributed by atoms with Crippen molar-refractivity contribution >= 4 is 5.91 Å². The maximum absolute atomic E-state index is 12.4. The summed E-state index contributed by atoms with van der Waals surface area (Å²) in [6.45, 7) is 17.3. The summed E-state index contributed by atoms with van der Waals surface area (Å²) in [6.07, 6.45) is 21.7. The highest BCUT2D eigenvalue weighted by Crippen LogP contribution is 2.12. The molecule has 0 fully saturated rings. The third-order valence-electron chi connectivity index (χ3n) is 5.38. The molecule has 170 valence electrons. The molecule has 3 nitrogen and oxygen atoms in total. The van der Waals surface area contributed by atoms with E-state index in [-0.39, 0.29) is 18.3 Å². The van der Waals surface area contributed by atoms with E-state index in [2.05, 4.69) is 32.0 Å². The van der Waals surface area contributed by atoms with Gasteiger partial charge in [0.1, 0.15) is 0 Å². The van der Waals surface area contributed by atoms with Gasteiger partial charge in [0.15, 0.2) is 6.54 Å². The highest BCUT2D eigenvalue weighted by atomic mass is 35.5. The van der Waals surface area contributed by atoms with Crippen LogP contribution in [-0.2, 0) is 4.79 Å². The first-order valence-electron chi connectivity index (χ1n) is 11.6. The third-order valence-corrected chi connectivity index (χ3v) is 5.38. The number of halogens is 1. The van der Waals surface area contributed by atoms with Crippen LogP contribution < -0.4 is 17.7 Å². The number of unbranched alkanes of at least 4 members (excludes halogenated alkanes) is 11. The zero-order chi connectivity index (χ0) is 20.9. The van der Waals surface area contributed by atoms with Crippen molar-refractivity contribution in [1.29, 1.82) is 0 Å². The molecule has 0 heterocycles. The molecular formula is C25H47ClN2O. The number of carbonyl (C=O) groups excluding carboxylic acids is 1. The van der Waals surface area contributed by atoms with Crippen LogP contribution >= 0.6 is 0 Å². The van der Waals surface area contributed by atoms with Gasteiger partial charge < -0.3 is 22.2 Å². The molecule has 0 rings (SSSR count). The van der Waals surface area contributed by atoms with Gasteiger partial charge in [-0.2, -0.15) is 0 Å². The number of nitrogens with zero attached hydrogens (tertiary/aromatic N) is 1. The molecule has 4 heteroatoms. The molecule has 0 aliphatic rings. The topological polar surface area (TPSA) is 29.1 Å². The molecule has 0 atom stereocenters. The largest absolute Gasteiger partial charge is 1.00 e. The Morgan fingerprint density at radius 1 is 0.724 bits per heavy atom. The first-order chi connectivity index (χ1) is 13.6. The average molecular weight is 427 g/mol. The second-order valence-electron chi connectivity index (χ2n) is 8.15. The van der Waals surface area contributed by atoms with Crippen molar-refractivity contribution in [3.8, 4) is 0 Å². The normalized spacial score (nSPS) is 10.8. The van der Waals surface area contributed by atoms with E-state index in [9.17, 15) is 4.79 Å². The van der Waals surface area contributed by atoms with Crippen molar-refractivity contribution in [2.45, 2.75) is 84.0 Å². The van der Waals surface area contributed by atoms with Crippen LogP contribution in [-0.4, -0.2) is 43.1 Å². The lowest BCUT2D eigenvalue weighted by Gasteiger charge is -2.35. The summed E-state index contributed by atoms with van der Waals surface area (Å²) in [6, 6.07) is 0. The second-order valence-corrected chi connectivity index (χ2v) is 8.15. The van der Waals surface area contributed by atoms with E-state index < -0.39 is 0 Å². The zero-order valence-corrected chi connectivity index (χ0v) is 19.9. The number of hydrogen-bond donors (Lipinski definition) is 1. The molecule has 0 aromatic heterocycles. The van der Waals surface area contributed by atoms with Crippen molar-refractivity contribution in [3.63, 3.8) is 0 Å².